The number of sulfonamides is 1. The third kappa shape index (κ3) is 7.11. The summed E-state index contributed by atoms with van der Waals surface area (Å²) in [6.45, 7) is 9.44. The van der Waals surface area contributed by atoms with E-state index in [-0.39, 0.29) is 0 Å². The molecule has 3 aromatic carbocycles. The van der Waals surface area contributed by atoms with Crippen LogP contribution in [0.1, 0.15) is 35.3 Å². The second kappa shape index (κ2) is 11.8. The quantitative estimate of drug-likeness (QED) is 0.452. The third-order valence-corrected chi connectivity index (χ3v) is 7.16. The van der Waals surface area contributed by atoms with E-state index in [1.165, 1.54) is 22.3 Å². The topological polar surface area (TPSA) is 79.0 Å². The fourth-order valence-electron chi connectivity index (χ4n) is 4.68. The monoisotopic (exact) mass is 521 g/mol. The van der Waals surface area contributed by atoms with Gasteiger partial charge in [-0.1, -0.05) is 37.3 Å². The molecule has 0 bridgehead atoms. The van der Waals surface area contributed by atoms with Crippen molar-refractivity contribution in [3.63, 3.8) is 0 Å². The van der Waals surface area contributed by atoms with Crippen LogP contribution < -0.4 is 14.4 Å². The van der Waals surface area contributed by atoms with Crippen LogP contribution in [0.2, 0.25) is 0 Å². The van der Waals surface area contributed by atoms with Gasteiger partial charge in [0.15, 0.2) is 0 Å². The molecule has 1 aliphatic rings. The number of anilines is 1. The number of benzene rings is 3. The summed E-state index contributed by atoms with van der Waals surface area (Å²) in [5, 5.41) is 0. The fraction of sp³-hybridized carbons (Fsp3) is 0.345. The maximum Gasteiger partial charge on any atom is 0.264 e. The number of nitrogens with zero attached hydrogens (tertiary/aromatic N) is 2. The highest BCUT2D eigenvalue weighted by Crippen LogP contribution is 2.27. The number of nitrogens with one attached hydrogen (secondary N) is 1. The lowest BCUT2D eigenvalue weighted by atomic mass is 9.97. The Morgan fingerprint density at radius 2 is 1.59 bits per heavy atom. The number of hydrogen-bond acceptors (Lipinski definition) is 6. The summed E-state index contributed by atoms with van der Waals surface area (Å²) in [5.41, 5.74) is 6.46. The Bertz CT molecular complexity index is 1330. The summed E-state index contributed by atoms with van der Waals surface area (Å²) in [6.07, 6.45) is 1.95. The number of amides is 1. The van der Waals surface area contributed by atoms with Crippen molar-refractivity contribution in [2.45, 2.75) is 26.8 Å². The lowest BCUT2D eigenvalue weighted by molar-refractivity contribution is 0.0981. The summed E-state index contributed by atoms with van der Waals surface area (Å²) in [5.74, 6) is 0.283. The second-order valence-electron chi connectivity index (χ2n) is 9.31. The molecule has 0 atom stereocenters. The van der Waals surface area contributed by atoms with Crippen LogP contribution in [0.4, 0.5) is 5.69 Å². The van der Waals surface area contributed by atoms with E-state index in [4.69, 9.17) is 4.74 Å². The molecular formula is C29H35N3O4S. The smallest absolute Gasteiger partial charge is 0.264 e. The molecule has 1 saturated heterocycles. The molecular weight excluding hydrogens is 486 g/mol. The van der Waals surface area contributed by atoms with Gasteiger partial charge >= 0.3 is 0 Å². The summed E-state index contributed by atoms with van der Waals surface area (Å²) < 4.78 is 30.3. The van der Waals surface area contributed by atoms with Gasteiger partial charge in [-0.25, -0.2) is 13.1 Å². The average Bonchev–Trinajstić information content (AvgIpc) is 2.89. The Morgan fingerprint density at radius 1 is 0.892 bits per heavy atom. The Morgan fingerprint density at radius 3 is 2.24 bits per heavy atom. The minimum absolute atomic E-state index is 0.327. The first-order valence-electron chi connectivity index (χ1n) is 12.7. The molecule has 1 fully saturated rings. The van der Waals surface area contributed by atoms with E-state index in [0.717, 1.165) is 56.8 Å². The normalized spacial score (nSPS) is 14.4. The molecule has 37 heavy (non-hydrogen) atoms. The third-order valence-electron chi connectivity index (χ3n) is 6.60. The molecule has 0 unspecified atom stereocenters. The van der Waals surface area contributed by atoms with Crippen LogP contribution >= 0.6 is 0 Å². The number of hydrogen-bond donors (Lipinski definition) is 1. The molecule has 0 spiro atoms. The molecule has 0 aliphatic carbocycles. The molecule has 1 heterocycles. The van der Waals surface area contributed by atoms with Crippen molar-refractivity contribution in [3.8, 4) is 16.9 Å². The Kier molecular flexibility index (Phi) is 8.51. The zero-order valence-electron chi connectivity index (χ0n) is 21.7. The van der Waals surface area contributed by atoms with Crippen molar-refractivity contribution < 1.29 is 17.9 Å². The standard InChI is InChI=1S/C29H35N3O4S/c1-4-22-19-25(24-7-6-8-28(20-24)36-5-2)9-10-26(22)21-31-15-17-32(18-16-31)27-13-11-23(12-14-27)29(33)30-37(3,34)35/h6-14,19-20H,4-5,15-18,21H2,1-3H3,(H,30,33). The predicted molar refractivity (Wildman–Crippen MR) is 149 cm³/mol. The van der Waals surface area contributed by atoms with Gasteiger partial charge in [-0.3, -0.25) is 9.69 Å². The Labute approximate surface area is 220 Å². The number of carbonyl (C=O) groups excluding carboxylic acids is 1. The van der Waals surface area contributed by atoms with Crippen molar-refractivity contribution >= 4 is 21.6 Å². The number of ether oxygens (including phenoxy) is 1. The van der Waals surface area contributed by atoms with Crippen LogP contribution in [0.5, 0.6) is 5.75 Å². The number of rotatable bonds is 9. The minimum Gasteiger partial charge on any atom is -0.494 e. The second-order valence-corrected chi connectivity index (χ2v) is 11.1. The van der Waals surface area contributed by atoms with Gasteiger partial charge in [0.2, 0.25) is 10.0 Å². The van der Waals surface area contributed by atoms with Gasteiger partial charge in [-0.05, 0) is 72.0 Å². The van der Waals surface area contributed by atoms with Crippen molar-refractivity contribution in [1.29, 1.82) is 0 Å². The van der Waals surface area contributed by atoms with Gasteiger partial charge in [0.1, 0.15) is 5.75 Å². The highest BCUT2D eigenvalue weighted by molar-refractivity contribution is 7.89. The molecule has 1 N–H and O–H groups in total. The van der Waals surface area contributed by atoms with E-state index in [9.17, 15) is 13.2 Å². The van der Waals surface area contributed by atoms with Gasteiger partial charge < -0.3 is 9.64 Å². The molecule has 3 aromatic rings. The Hall–Kier alpha value is -3.36. The minimum atomic E-state index is -3.58. The van der Waals surface area contributed by atoms with Gasteiger partial charge in [0.05, 0.1) is 12.9 Å². The van der Waals surface area contributed by atoms with Crippen LogP contribution in [-0.2, 0) is 23.0 Å². The molecule has 1 aliphatic heterocycles. The van der Waals surface area contributed by atoms with E-state index in [1.807, 2.05) is 35.9 Å². The van der Waals surface area contributed by atoms with Crippen LogP contribution in [0.3, 0.4) is 0 Å². The largest absolute Gasteiger partial charge is 0.494 e. The summed E-state index contributed by atoms with van der Waals surface area (Å²) in [7, 11) is -3.58. The van der Waals surface area contributed by atoms with Gasteiger partial charge in [0.25, 0.3) is 5.91 Å². The van der Waals surface area contributed by atoms with E-state index < -0.39 is 15.9 Å². The first-order valence-corrected chi connectivity index (χ1v) is 14.6. The van der Waals surface area contributed by atoms with Gasteiger partial charge in [-0.2, -0.15) is 0 Å². The van der Waals surface area contributed by atoms with E-state index in [1.54, 1.807) is 12.1 Å². The predicted octanol–water partition coefficient (Wildman–Crippen LogP) is 4.33. The summed E-state index contributed by atoms with van der Waals surface area (Å²) in [4.78, 5) is 16.8. The van der Waals surface area contributed by atoms with Crippen molar-refractivity contribution in [1.82, 2.24) is 9.62 Å². The molecule has 8 heteroatoms. The lowest BCUT2D eigenvalue weighted by Gasteiger charge is -2.36. The highest BCUT2D eigenvalue weighted by Gasteiger charge is 2.19. The summed E-state index contributed by atoms with van der Waals surface area (Å²) >= 11 is 0. The van der Waals surface area contributed by atoms with Crippen LogP contribution in [0, 0.1) is 0 Å². The van der Waals surface area contributed by atoms with Crippen LogP contribution in [0.15, 0.2) is 66.7 Å². The molecule has 7 nitrogen and oxygen atoms in total. The zero-order chi connectivity index (χ0) is 26.4. The van der Waals surface area contributed by atoms with Gasteiger partial charge in [0, 0.05) is 44.0 Å². The van der Waals surface area contributed by atoms with Crippen LogP contribution in [-0.4, -0.2) is 58.3 Å². The molecule has 1 amide bonds. The number of piperazine rings is 1. The first kappa shape index (κ1) is 26.7. The van der Waals surface area contributed by atoms with E-state index in [0.29, 0.717) is 12.2 Å². The lowest BCUT2D eigenvalue weighted by Crippen LogP contribution is -2.46. The van der Waals surface area contributed by atoms with Crippen molar-refractivity contribution in [2.24, 2.45) is 0 Å². The number of carbonyl (C=O) groups is 1. The maximum atomic E-state index is 12.0. The molecule has 196 valence electrons. The average molecular weight is 522 g/mol. The number of aryl methyl sites for hydroxylation is 1. The highest BCUT2D eigenvalue weighted by atomic mass is 32.2. The van der Waals surface area contributed by atoms with Crippen LogP contribution in [0.25, 0.3) is 11.1 Å². The fourth-order valence-corrected chi connectivity index (χ4v) is 5.13. The van der Waals surface area contributed by atoms with E-state index >= 15 is 0 Å². The Balaban J connectivity index is 1.36. The van der Waals surface area contributed by atoms with Crippen molar-refractivity contribution in [3.05, 3.63) is 83.4 Å². The summed E-state index contributed by atoms with van der Waals surface area (Å²) in [6, 6.07) is 22.1. The molecule has 0 aromatic heterocycles. The van der Waals surface area contributed by atoms with E-state index in [2.05, 4.69) is 47.1 Å². The molecule has 0 saturated carbocycles. The molecule has 4 rings (SSSR count). The SMILES string of the molecule is CCOc1cccc(-c2ccc(CN3CCN(c4ccc(C(=O)NS(C)(=O)=O)cc4)CC3)c(CC)c2)c1. The van der Waals surface area contributed by atoms with Gasteiger partial charge in [-0.15, -0.1) is 0 Å². The maximum absolute atomic E-state index is 12.0. The molecule has 0 radical (unpaired) electrons. The van der Waals surface area contributed by atoms with Crippen molar-refractivity contribution in [2.75, 3.05) is 43.9 Å². The zero-order valence-corrected chi connectivity index (χ0v) is 22.6. The first-order chi connectivity index (χ1) is 17.8.